The molecule has 6 rings (SSSR count). The molecule has 28 heavy (non-hydrogen) atoms. The first-order valence-electron chi connectivity index (χ1n) is 9.63. The lowest BCUT2D eigenvalue weighted by atomic mass is 9.83. The summed E-state index contributed by atoms with van der Waals surface area (Å²) in [5.41, 5.74) is 1.64. The Labute approximate surface area is 162 Å². The first-order valence-corrected chi connectivity index (χ1v) is 9.63. The molecule has 2 aromatic carbocycles. The normalized spacial score (nSPS) is 23.8. The van der Waals surface area contributed by atoms with Crippen molar-refractivity contribution in [2.75, 3.05) is 24.5 Å². The van der Waals surface area contributed by atoms with Gasteiger partial charge in [0.2, 0.25) is 0 Å². The van der Waals surface area contributed by atoms with Gasteiger partial charge in [0.05, 0.1) is 11.7 Å². The van der Waals surface area contributed by atoms with Crippen LogP contribution in [0.2, 0.25) is 0 Å². The van der Waals surface area contributed by atoms with Crippen LogP contribution in [0.1, 0.15) is 12.8 Å². The zero-order chi connectivity index (χ0) is 19.3. The summed E-state index contributed by atoms with van der Waals surface area (Å²) < 4.78 is 20.1. The molecule has 6 heteroatoms. The van der Waals surface area contributed by atoms with E-state index >= 15 is 0 Å². The Balaban J connectivity index is 1.63. The molecule has 3 aliphatic heterocycles. The lowest BCUT2D eigenvalue weighted by Crippen LogP contribution is -2.58. The first-order chi connectivity index (χ1) is 13.6. The number of carboxylic acid groups (broad SMARTS) is 1. The van der Waals surface area contributed by atoms with Crippen molar-refractivity contribution in [1.82, 2.24) is 4.90 Å². The van der Waals surface area contributed by atoms with Crippen LogP contribution in [0.15, 0.2) is 52.9 Å². The highest BCUT2D eigenvalue weighted by Crippen LogP contribution is 2.39. The molecular formula is C22H21FN2O3. The molecule has 0 aliphatic carbocycles. The summed E-state index contributed by atoms with van der Waals surface area (Å²) in [6.45, 7) is 2.76. The number of carbonyl (C=O) groups is 1. The van der Waals surface area contributed by atoms with E-state index in [4.69, 9.17) is 4.42 Å². The standard InChI is InChI=1S/C22H21FN2O3/c23-16-5-6-18(17(12-16)21-11-15-3-1-2-4-20(15)28-21)25(22(26)27)19-13-24-9-7-14(19)8-10-24/h1-6,11-12,14,19H,7-10,13H2,(H,26,27). The Bertz CT molecular complexity index is 1010. The van der Waals surface area contributed by atoms with Gasteiger partial charge in [-0.2, -0.15) is 0 Å². The molecule has 3 fully saturated rings. The Hall–Kier alpha value is -2.86. The van der Waals surface area contributed by atoms with Crippen molar-refractivity contribution >= 4 is 22.7 Å². The Morgan fingerprint density at radius 1 is 1.14 bits per heavy atom. The lowest BCUT2D eigenvalue weighted by Gasteiger charge is -2.48. The molecule has 1 unspecified atom stereocenters. The number of hydrogen-bond acceptors (Lipinski definition) is 3. The predicted octanol–water partition coefficient (Wildman–Crippen LogP) is 4.82. The quantitative estimate of drug-likeness (QED) is 0.708. The summed E-state index contributed by atoms with van der Waals surface area (Å²) in [6.07, 6.45) is 0.980. The van der Waals surface area contributed by atoms with E-state index in [1.807, 2.05) is 30.3 Å². The average Bonchev–Trinajstić information content (AvgIpc) is 3.14. The maximum absolute atomic E-state index is 14.1. The van der Waals surface area contributed by atoms with Crippen molar-refractivity contribution in [3.8, 4) is 11.3 Å². The second-order valence-electron chi connectivity index (χ2n) is 7.67. The van der Waals surface area contributed by atoms with Gasteiger partial charge >= 0.3 is 6.09 Å². The molecule has 3 aromatic rings. The number of benzene rings is 2. The van der Waals surface area contributed by atoms with Crippen molar-refractivity contribution in [3.05, 3.63) is 54.3 Å². The third kappa shape index (κ3) is 2.85. The second kappa shape index (κ2) is 6.63. The Kier molecular flexibility index (Phi) is 4.09. The molecule has 0 spiro atoms. The van der Waals surface area contributed by atoms with Crippen LogP contribution in [-0.4, -0.2) is 41.8 Å². The van der Waals surface area contributed by atoms with Gasteiger partial charge in [-0.15, -0.1) is 0 Å². The van der Waals surface area contributed by atoms with Crippen molar-refractivity contribution < 1.29 is 18.7 Å². The van der Waals surface area contributed by atoms with Crippen LogP contribution < -0.4 is 4.90 Å². The molecule has 0 saturated carbocycles. The van der Waals surface area contributed by atoms with Crippen LogP contribution in [0, 0.1) is 11.7 Å². The smallest absolute Gasteiger partial charge is 0.412 e. The van der Waals surface area contributed by atoms with E-state index in [9.17, 15) is 14.3 Å². The molecule has 1 N–H and O–H groups in total. The van der Waals surface area contributed by atoms with Crippen LogP contribution in [0.3, 0.4) is 0 Å². The molecule has 1 aromatic heterocycles. The number of hydrogen-bond donors (Lipinski definition) is 1. The highest BCUT2D eigenvalue weighted by atomic mass is 19.1. The van der Waals surface area contributed by atoms with Gasteiger partial charge in [-0.25, -0.2) is 9.18 Å². The maximum atomic E-state index is 14.1. The lowest BCUT2D eigenvalue weighted by molar-refractivity contribution is 0.0837. The van der Waals surface area contributed by atoms with Crippen molar-refractivity contribution in [3.63, 3.8) is 0 Å². The molecule has 4 heterocycles. The van der Waals surface area contributed by atoms with E-state index in [1.165, 1.54) is 17.0 Å². The summed E-state index contributed by atoms with van der Waals surface area (Å²) >= 11 is 0. The van der Waals surface area contributed by atoms with Crippen molar-refractivity contribution in [1.29, 1.82) is 0 Å². The summed E-state index contributed by atoms with van der Waals surface area (Å²) in [5.74, 6) is 0.386. The van der Waals surface area contributed by atoms with E-state index in [0.717, 1.165) is 31.3 Å². The second-order valence-corrected chi connectivity index (χ2v) is 7.67. The summed E-state index contributed by atoms with van der Waals surface area (Å²) in [4.78, 5) is 16.0. The van der Waals surface area contributed by atoms with Crippen molar-refractivity contribution in [2.24, 2.45) is 5.92 Å². The van der Waals surface area contributed by atoms with Crippen LogP contribution in [-0.2, 0) is 0 Å². The van der Waals surface area contributed by atoms with Gasteiger partial charge in [-0.1, -0.05) is 18.2 Å². The number of halogens is 1. The minimum absolute atomic E-state index is 0.131. The van der Waals surface area contributed by atoms with Gasteiger partial charge in [0, 0.05) is 17.5 Å². The number of amides is 1. The highest BCUT2D eigenvalue weighted by molar-refractivity contribution is 5.94. The van der Waals surface area contributed by atoms with Gasteiger partial charge in [0.1, 0.15) is 17.2 Å². The molecule has 144 valence electrons. The van der Waals surface area contributed by atoms with Gasteiger partial charge in [-0.3, -0.25) is 4.90 Å². The van der Waals surface area contributed by atoms with Crippen LogP contribution in [0.5, 0.6) is 0 Å². The fraction of sp³-hybridized carbons (Fsp3) is 0.318. The largest absolute Gasteiger partial charge is 0.465 e. The fourth-order valence-electron chi connectivity index (χ4n) is 4.68. The third-order valence-electron chi connectivity index (χ3n) is 6.07. The third-order valence-corrected chi connectivity index (χ3v) is 6.07. The predicted molar refractivity (Wildman–Crippen MR) is 105 cm³/mol. The summed E-state index contributed by atoms with van der Waals surface area (Å²) in [5, 5.41) is 11.0. The Morgan fingerprint density at radius 3 is 2.61 bits per heavy atom. The number of furan rings is 1. The van der Waals surface area contributed by atoms with E-state index in [2.05, 4.69) is 4.90 Å². The molecule has 0 radical (unpaired) electrons. The zero-order valence-corrected chi connectivity index (χ0v) is 15.3. The maximum Gasteiger partial charge on any atom is 0.412 e. The monoisotopic (exact) mass is 380 g/mol. The molecule has 3 aliphatic rings. The minimum atomic E-state index is -1.01. The highest BCUT2D eigenvalue weighted by Gasteiger charge is 2.41. The van der Waals surface area contributed by atoms with E-state index < -0.39 is 11.9 Å². The van der Waals surface area contributed by atoms with Crippen LogP contribution >= 0.6 is 0 Å². The molecule has 1 atom stereocenters. The first kappa shape index (κ1) is 17.3. The van der Waals surface area contributed by atoms with Gasteiger partial charge < -0.3 is 14.4 Å². The number of rotatable bonds is 3. The average molecular weight is 380 g/mol. The number of nitrogens with zero attached hydrogens (tertiary/aromatic N) is 2. The topological polar surface area (TPSA) is 56.9 Å². The van der Waals surface area contributed by atoms with Gasteiger partial charge in [0.25, 0.3) is 0 Å². The van der Waals surface area contributed by atoms with Crippen molar-refractivity contribution in [2.45, 2.75) is 18.9 Å². The number of para-hydroxylation sites is 1. The van der Waals surface area contributed by atoms with E-state index in [1.54, 1.807) is 6.07 Å². The molecule has 2 bridgehead atoms. The fourth-order valence-corrected chi connectivity index (χ4v) is 4.68. The van der Waals surface area contributed by atoms with Crippen LogP contribution in [0.4, 0.5) is 14.9 Å². The zero-order valence-electron chi connectivity index (χ0n) is 15.3. The number of anilines is 1. The minimum Gasteiger partial charge on any atom is -0.465 e. The molecular weight excluding hydrogens is 359 g/mol. The molecule has 3 saturated heterocycles. The van der Waals surface area contributed by atoms with E-state index in [-0.39, 0.29) is 6.04 Å². The van der Waals surface area contributed by atoms with Crippen LogP contribution in [0.25, 0.3) is 22.3 Å². The van der Waals surface area contributed by atoms with Gasteiger partial charge in [0.15, 0.2) is 0 Å². The SMILES string of the molecule is O=C(O)N(c1ccc(F)cc1-c1cc2ccccc2o1)C1CN2CCC1CC2. The summed E-state index contributed by atoms with van der Waals surface area (Å²) in [7, 11) is 0. The molecule has 5 nitrogen and oxygen atoms in total. The Morgan fingerprint density at radius 2 is 1.93 bits per heavy atom. The number of fused-ring (bicyclic) bond motifs is 4. The number of piperidine rings is 3. The van der Waals surface area contributed by atoms with E-state index in [0.29, 0.717) is 35.1 Å². The summed E-state index contributed by atoms with van der Waals surface area (Å²) in [6, 6.07) is 13.5. The molecule has 1 amide bonds. The van der Waals surface area contributed by atoms with Gasteiger partial charge in [-0.05, 0) is 62.2 Å².